The maximum atomic E-state index is 4.86. The summed E-state index contributed by atoms with van der Waals surface area (Å²) < 4.78 is 0. The van der Waals surface area contributed by atoms with E-state index in [0.29, 0.717) is 13.2 Å². The van der Waals surface area contributed by atoms with Crippen LogP contribution in [0.3, 0.4) is 0 Å². The molecule has 3 heteroatoms. The van der Waals surface area contributed by atoms with Crippen LogP contribution in [-0.2, 0) is 14.8 Å². The zero-order chi connectivity index (χ0) is 11.2. The third kappa shape index (κ3) is 13.9. The molecule has 0 atom stereocenters. The molecule has 0 aromatic carbocycles. The molecule has 0 aliphatic heterocycles. The molecule has 0 rings (SSSR count). The fourth-order valence-electron chi connectivity index (χ4n) is 1.25. The van der Waals surface area contributed by atoms with Gasteiger partial charge in [-0.25, -0.2) is 9.78 Å². The van der Waals surface area contributed by atoms with E-state index in [2.05, 4.69) is 18.9 Å². The first-order chi connectivity index (χ1) is 7.41. The van der Waals surface area contributed by atoms with E-state index in [-0.39, 0.29) is 0 Å². The van der Waals surface area contributed by atoms with Gasteiger partial charge >= 0.3 is 0 Å². The van der Waals surface area contributed by atoms with E-state index in [1.54, 1.807) is 0 Å². The van der Waals surface area contributed by atoms with Crippen LogP contribution in [0.2, 0.25) is 0 Å². The van der Waals surface area contributed by atoms with Crippen molar-refractivity contribution >= 4 is 0 Å². The molecular formula is C12H26O3. The first kappa shape index (κ1) is 14.9. The van der Waals surface area contributed by atoms with Crippen molar-refractivity contribution in [2.45, 2.75) is 65.2 Å². The lowest BCUT2D eigenvalue weighted by Crippen LogP contribution is -1.99. The molecule has 0 bridgehead atoms. The maximum Gasteiger partial charge on any atom is 0.0853 e. The highest BCUT2D eigenvalue weighted by Crippen LogP contribution is 2.04. The Labute approximate surface area is 94.0 Å². The van der Waals surface area contributed by atoms with Gasteiger partial charge in [0.05, 0.1) is 13.2 Å². The third-order valence-electron chi connectivity index (χ3n) is 2.26. The lowest BCUT2D eigenvalue weighted by Gasteiger charge is -2.02. The molecule has 0 aliphatic rings. The van der Waals surface area contributed by atoms with Gasteiger partial charge < -0.3 is 0 Å². The molecule has 3 nitrogen and oxygen atoms in total. The van der Waals surface area contributed by atoms with Gasteiger partial charge in [-0.15, -0.1) is 0 Å². The summed E-state index contributed by atoms with van der Waals surface area (Å²) in [5, 5.41) is 4.56. The third-order valence-corrected chi connectivity index (χ3v) is 2.26. The molecule has 0 N–H and O–H groups in total. The molecule has 15 heavy (non-hydrogen) atoms. The summed E-state index contributed by atoms with van der Waals surface area (Å²) in [6.45, 7) is 5.59. The zero-order valence-corrected chi connectivity index (χ0v) is 10.3. The average Bonchev–Trinajstić information content (AvgIpc) is 2.26. The minimum atomic E-state index is 0.618. The Kier molecular flexibility index (Phi) is 13.8. The fourth-order valence-corrected chi connectivity index (χ4v) is 1.25. The molecule has 0 aromatic heterocycles. The van der Waals surface area contributed by atoms with Crippen molar-refractivity contribution in [1.82, 2.24) is 0 Å². The SMILES string of the molecule is CCCCCCCCOOOCCCC. The van der Waals surface area contributed by atoms with Gasteiger partial charge in [0, 0.05) is 0 Å². The van der Waals surface area contributed by atoms with E-state index >= 15 is 0 Å². The quantitative estimate of drug-likeness (QED) is 0.281. The van der Waals surface area contributed by atoms with Crippen molar-refractivity contribution in [2.75, 3.05) is 13.2 Å². The van der Waals surface area contributed by atoms with Gasteiger partial charge in [0.15, 0.2) is 0 Å². The monoisotopic (exact) mass is 218 g/mol. The van der Waals surface area contributed by atoms with E-state index < -0.39 is 0 Å². The Bertz CT molecular complexity index is 95.0. The van der Waals surface area contributed by atoms with Crippen molar-refractivity contribution in [1.29, 1.82) is 0 Å². The summed E-state index contributed by atoms with van der Waals surface area (Å²) in [7, 11) is 0. The average molecular weight is 218 g/mol. The molecule has 0 unspecified atom stereocenters. The maximum absolute atomic E-state index is 4.86. The lowest BCUT2D eigenvalue weighted by atomic mass is 10.1. The van der Waals surface area contributed by atoms with Crippen molar-refractivity contribution in [2.24, 2.45) is 0 Å². The first-order valence-electron chi connectivity index (χ1n) is 6.32. The van der Waals surface area contributed by atoms with Crippen molar-refractivity contribution in [3.63, 3.8) is 0 Å². The van der Waals surface area contributed by atoms with E-state index in [9.17, 15) is 0 Å². The van der Waals surface area contributed by atoms with Crippen molar-refractivity contribution in [3.8, 4) is 0 Å². The molecule has 0 fully saturated rings. The molecule has 0 saturated heterocycles. The standard InChI is InChI=1S/C12H26O3/c1-3-5-7-8-9-10-12-14-15-13-11-6-4-2/h3-12H2,1-2H3. The Hall–Kier alpha value is -0.120. The largest absolute Gasteiger partial charge is 0.206 e. The van der Waals surface area contributed by atoms with Gasteiger partial charge in [-0.1, -0.05) is 57.4 Å². The van der Waals surface area contributed by atoms with Gasteiger partial charge in [-0.05, 0) is 12.8 Å². The first-order valence-corrected chi connectivity index (χ1v) is 6.32. The number of hydrogen-bond acceptors (Lipinski definition) is 3. The van der Waals surface area contributed by atoms with Crippen LogP contribution in [0, 0.1) is 0 Å². The van der Waals surface area contributed by atoms with Crippen molar-refractivity contribution < 1.29 is 14.8 Å². The normalized spacial score (nSPS) is 10.8. The highest BCUT2D eigenvalue weighted by Gasteiger charge is 1.92. The topological polar surface area (TPSA) is 27.7 Å². The molecule has 0 amide bonds. The summed E-state index contributed by atoms with van der Waals surface area (Å²) in [6, 6.07) is 0. The Morgan fingerprint density at radius 1 is 0.600 bits per heavy atom. The molecule has 0 radical (unpaired) electrons. The molecular weight excluding hydrogens is 192 g/mol. The summed E-state index contributed by atoms with van der Waals surface area (Å²) >= 11 is 0. The predicted molar refractivity (Wildman–Crippen MR) is 61.3 cm³/mol. The number of unbranched alkanes of at least 4 members (excludes halogenated alkanes) is 6. The predicted octanol–water partition coefficient (Wildman–Crippen LogP) is 4.03. The fraction of sp³-hybridized carbons (Fsp3) is 1.00. The zero-order valence-electron chi connectivity index (χ0n) is 10.3. The molecule has 0 aromatic rings. The lowest BCUT2D eigenvalue weighted by molar-refractivity contribution is -0.512. The van der Waals surface area contributed by atoms with Crippen molar-refractivity contribution in [3.05, 3.63) is 0 Å². The summed E-state index contributed by atoms with van der Waals surface area (Å²) in [4.78, 5) is 9.66. The van der Waals surface area contributed by atoms with Gasteiger partial charge in [0.2, 0.25) is 0 Å². The minimum absolute atomic E-state index is 0.618. The molecule has 0 heterocycles. The smallest absolute Gasteiger partial charge is 0.0853 e. The molecule has 0 spiro atoms. The van der Waals surface area contributed by atoms with E-state index in [0.717, 1.165) is 19.3 Å². The van der Waals surface area contributed by atoms with Crippen LogP contribution in [0.5, 0.6) is 0 Å². The second kappa shape index (κ2) is 13.9. The van der Waals surface area contributed by atoms with Crippen LogP contribution >= 0.6 is 0 Å². The van der Waals surface area contributed by atoms with E-state index in [1.165, 1.54) is 32.1 Å². The van der Waals surface area contributed by atoms with Crippen LogP contribution < -0.4 is 0 Å². The van der Waals surface area contributed by atoms with Gasteiger partial charge in [0.25, 0.3) is 0 Å². The van der Waals surface area contributed by atoms with Gasteiger partial charge in [-0.3, -0.25) is 0 Å². The van der Waals surface area contributed by atoms with Crippen LogP contribution in [0.25, 0.3) is 0 Å². The minimum Gasteiger partial charge on any atom is -0.206 e. The Balaban J connectivity index is 2.81. The highest BCUT2D eigenvalue weighted by molar-refractivity contribution is 4.42. The van der Waals surface area contributed by atoms with Gasteiger partial charge in [-0.2, -0.15) is 0 Å². The summed E-state index contributed by atoms with van der Waals surface area (Å²) in [5.41, 5.74) is 0. The highest BCUT2D eigenvalue weighted by atomic mass is 17.5. The van der Waals surface area contributed by atoms with Crippen LogP contribution in [0.15, 0.2) is 0 Å². The van der Waals surface area contributed by atoms with Gasteiger partial charge in [0.1, 0.15) is 0 Å². The Morgan fingerprint density at radius 3 is 1.80 bits per heavy atom. The van der Waals surface area contributed by atoms with Crippen LogP contribution in [0.1, 0.15) is 65.2 Å². The van der Waals surface area contributed by atoms with Crippen LogP contribution in [0.4, 0.5) is 0 Å². The Morgan fingerprint density at radius 2 is 1.13 bits per heavy atom. The van der Waals surface area contributed by atoms with Crippen LogP contribution in [-0.4, -0.2) is 13.2 Å². The summed E-state index contributed by atoms with van der Waals surface area (Å²) in [5.74, 6) is 0. The van der Waals surface area contributed by atoms with E-state index in [4.69, 9.17) is 9.78 Å². The van der Waals surface area contributed by atoms with E-state index in [1.807, 2.05) is 0 Å². The number of rotatable bonds is 12. The number of hydrogen-bond donors (Lipinski definition) is 0. The molecule has 0 saturated carbocycles. The molecule has 0 aliphatic carbocycles. The molecule has 92 valence electrons. The second-order valence-corrected chi connectivity index (χ2v) is 3.83. The summed E-state index contributed by atoms with van der Waals surface area (Å²) in [6.07, 6.45) is 9.68. The second-order valence-electron chi connectivity index (χ2n) is 3.83.